The van der Waals surface area contributed by atoms with E-state index < -0.39 is 0 Å². The Kier molecular flexibility index (Phi) is 4.34. The van der Waals surface area contributed by atoms with Gasteiger partial charge in [0.05, 0.1) is 18.7 Å². The Morgan fingerprint density at radius 2 is 1.94 bits per heavy atom. The summed E-state index contributed by atoms with van der Waals surface area (Å²) < 4.78 is 0. The lowest BCUT2D eigenvalue weighted by Crippen LogP contribution is -2.39. The van der Waals surface area contributed by atoms with E-state index in [1.165, 1.54) is 5.56 Å². The lowest BCUT2D eigenvalue weighted by atomic mass is 9.79. The molecule has 1 heterocycles. The Labute approximate surface area is 108 Å². The number of piperidine rings is 1. The molecular weight excluding hydrogens is 222 g/mol. The highest BCUT2D eigenvalue weighted by Gasteiger charge is 2.29. The smallest absolute Gasteiger partial charge is 0.0866 e. The van der Waals surface area contributed by atoms with Crippen LogP contribution in [0.25, 0.3) is 0 Å². The van der Waals surface area contributed by atoms with Gasteiger partial charge in [0, 0.05) is 18.9 Å². The van der Waals surface area contributed by atoms with Crippen LogP contribution in [0.2, 0.25) is 0 Å². The standard InChI is InChI=1S/C15H17N3/c16-8-6-14-7-10-18(11-9-17)12-15(14)13-4-2-1-3-5-13/h1-5,14-15H,6-7,10-12H2. The van der Waals surface area contributed by atoms with E-state index in [1.54, 1.807) is 0 Å². The second-order valence-electron chi connectivity index (χ2n) is 4.82. The van der Waals surface area contributed by atoms with Crippen molar-refractivity contribution in [3.8, 4) is 12.1 Å². The van der Waals surface area contributed by atoms with E-state index in [1.807, 2.05) is 18.2 Å². The van der Waals surface area contributed by atoms with E-state index in [0.717, 1.165) is 19.5 Å². The Morgan fingerprint density at radius 3 is 2.61 bits per heavy atom. The van der Waals surface area contributed by atoms with Crippen molar-refractivity contribution in [1.29, 1.82) is 10.5 Å². The summed E-state index contributed by atoms with van der Waals surface area (Å²) in [5.74, 6) is 0.806. The van der Waals surface area contributed by atoms with E-state index in [0.29, 0.717) is 24.8 Å². The van der Waals surface area contributed by atoms with Gasteiger partial charge in [-0.15, -0.1) is 0 Å². The average molecular weight is 239 g/mol. The molecule has 0 spiro atoms. The Hall–Kier alpha value is -1.84. The first-order valence-corrected chi connectivity index (χ1v) is 6.36. The molecule has 3 nitrogen and oxygen atoms in total. The zero-order chi connectivity index (χ0) is 12.8. The van der Waals surface area contributed by atoms with Gasteiger partial charge >= 0.3 is 0 Å². The first kappa shape index (κ1) is 12.6. The average Bonchev–Trinajstić information content (AvgIpc) is 2.42. The molecule has 0 aromatic heterocycles. The minimum Gasteiger partial charge on any atom is -0.290 e. The van der Waals surface area contributed by atoms with Crippen molar-refractivity contribution >= 4 is 0 Å². The van der Waals surface area contributed by atoms with Crippen LogP contribution in [0.15, 0.2) is 30.3 Å². The van der Waals surface area contributed by atoms with Crippen LogP contribution in [0.4, 0.5) is 0 Å². The molecule has 18 heavy (non-hydrogen) atoms. The zero-order valence-electron chi connectivity index (χ0n) is 10.4. The fraction of sp³-hybridized carbons (Fsp3) is 0.467. The fourth-order valence-corrected chi connectivity index (χ4v) is 2.75. The summed E-state index contributed by atoms with van der Waals surface area (Å²) >= 11 is 0. The fourth-order valence-electron chi connectivity index (χ4n) is 2.75. The Balaban J connectivity index is 2.15. The second-order valence-corrected chi connectivity index (χ2v) is 4.82. The summed E-state index contributed by atoms with van der Waals surface area (Å²) in [5, 5.41) is 17.7. The molecule has 0 saturated carbocycles. The summed E-state index contributed by atoms with van der Waals surface area (Å²) in [6, 6.07) is 14.9. The summed E-state index contributed by atoms with van der Waals surface area (Å²) in [6.07, 6.45) is 1.62. The molecule has 0 amide bonds. The largest absolute Gasteiger partial charge is 0.290 e. The summed E-state index contributed by atoms with van der Waals surface area (Å²) in [7, 11) is 0. The first-order valence-electron chi connectivity index (χ1n) is 6.36. The monoisotopic (exact) mass is 239 g/mol. The van der Waals surface area contributed by atoms with Crippen molar-refractivity contribution in [1.82, 2.24) is 4.90 Å². The second kappa shape index (κ2) is 6.19. The van der Waals surface area contributed by atoms with E-state index in [-0.39, 0.29) is 0 Å². The number of nitriles is 2. The molecule has 1 aromatic rings. The molecule has 2 unspecified atom stereocenters. The van der Waals surface area contributed by atoms with E-state index in [2.05, 4.69) is 29.2 Å². The van der Waals surface area contributed by atoms with Gasteiger partial charge in [0.1, 0.15) is 0 Å². The van der Waals surface area contributed by atoms with Crippen LogP contribution in [0.5, 0.6) is 0 Å². The van der Waals surface area contributed by atoms with Gasteiger partial charge in [-0.3, -0.25) is 4.90 Å². The van der Waals surface area contributed by atoms with E-state index in [9.17, 15) is 0 Å². The molecule has 1 fully saturated rings. The van der Waals surface area contributed by atoms with Crippen molar-refractivity contribution in [2.24, 2.45) is 5.92 Å². The SMILES string of the molecule is N#CCC1CCN(CC#N)CC1c1ccccc1. The molecule has 1 aliphatic heterocycles. The lowest BCUT2D eigenvalue weighted by Gasteiger charge is -2.37. The molecule has 1 saturated heterocycles. The number of benzene rings is 1. The molecule has 0 radical (unpaired) electrons. The van der Waals surface area contributed by atoms with Gasteiger partial charge in [-0.1, -0.05) is 30.3 Å². The minimum absolute atomic E-state index is 0.382. The van der Waals surface area contributed by atoms with Crippen LogP contribution < -0.4 is 0 Å². The number of nitrogens with zero attached hydrogens (tertiary/aromatic N) is 3. The van der Waals surface area contributed by atoms with Crippen molar-refractivity contribution in [2.45, 2.75) is 18.8 Å². The maximum Gasteiger partial charge on any atom is 0.0866 e. The van der Waals surface area contributed by atoms with Crippen molar-refractivity contribution in [2.75, 3.05) is 19.6 Å². The third-order valence-corrected chi connectivity index (χ3v) is 3.72. The molecule has 0 aliphatic carbocycles. The highest BCUT2D eigenvalue weighted by molar-refractivity contribution is 5.22. The van der Waals surface area contributed by atoms with Gasteiger partial charge < -0.3 is 0 Å². The van der Waals surface area contributed by atoms with E-state index in [4.69, 9.17) is 10.5 Å². The summed E-state index contributed by atoms with van der Waals surface area (Å²) in [4.78, 5) is 2.19. The predicted octanol–water partition coefficient (Wildman–Crippen LogP) is 2.53. The molecule has 1 aliphatic rings. The lowest BCUT2D eigenvalue weighted by molar-refractivity contribution is 0.176. The number of hydrogen-bond donors (Lipinski definition) is 0. The number of rotatable bonds is 3. The van der Waals surface area contributed by atoms with Gasteiger partial charge in [0.15, 0.2) is 0 Å². The molecule has 2 rings (SSSR count). The van der Waals surface area contributed by atoms with Gasteiger partial charge in [-0.05, 0) is 24.4 Å². The topological polar surface area (TPSA) is 50.8 Å². The molecule has 3 heteroatoms. The van der Waals surface area contributed by atoms with Gasteiger partial charge in [-0.2, -0.15) is 10.5 Å². The quantitative estimate of drug-likeness (QED) is 0.762. The molecule has 1 aromatic carbocycles. The maximum atomic E-state index is 8.94. The molecular formula is C15H17N3. The van der Waals surface area contributed by atoms with Crippen LogP contribution in [0.1, 0.15) is 24.3 Å². The van der Waals surface area contributed by atoms with Crippen molar-refractivity contribution in [3.63, 3.8) is 0 Å². The van der Waals surface area contributed by atoms with Gasteiger partial charge in [-0.25, -0.2) is 0 Å². The van der Waals surface area contributed by atoms with Crippen molar-refractivity contribution < 1.29 is 0 Å². The summed E-state index contributed by atoms with van der Waals surface area (Å²) in [5.41, 5.74) is 1.29. The number of likely N-dealkylation sites (tertiary alicyclic amines) is 1. The molecule has 0 N–H and O–H groups in total. The van der Waals surface area contributed by atoms with Crippen LogP contribution in [0.3, 0.4) is 0 Å². The van der Waals surface area contributed by atoms with Crippen LogP contribution in [-0.2, 0) is 0 Å². The number of hydrogen-bond acceptors (Lipinski definition) is 3. The first-order chi connectivity index (χ1) is 8.85. The van der Waals surface area contributed by atoms with Gasteiger partial charge in [0.25, 0.3) is 0 Å². The normalized spacial score (nSPS) is 24.1. The Morgan fingerprint density at radius 1 is 1.17 bits per heavy atom. The minimum atomic E-state index is 0.382. The summed E-state index contributed by atoms with van der Waals surface area (Å²) in [6.45, 7) is 2.32. The molecule has 0 bridgehead atoms. The van der Waals surface area contributed by atoms with Gasteiger partial charge in [0.2, 0.25) is 0 Å². The Bertz CT molecular complexity index is 455. The predicted molar refractivity (Wildman–Crippen MR) is 69.6 cm³/mol. The maximum absolute atomic E-state index is 8.94. The third-order valence-electron chi connectivity index (χ3n) is 3.72. The third kappa shape index (κ3) is 2.88. The van der Waals surface area contributed by atoms with E-state index >= 15 is 0 Å². The zero-order valence-corrected chi connectivity index (χ0v) is 10.4. The van der Waals surface area contributed by atoms with Crippen molar-refractivity contribution in [3.05, 3.63) is 35.9 Å². The molecule has 92 valence electrons. The highest BCUT2D eigenvalue weighted by Crippen LogP contribution is 2.34. The molecule has 2 atom stereocenters. The highest BCUT2D eigenvalue weighted by atomic mass is 15.1. The van der Waals surface area contributed by atoms with Crippen LogP contribution in [-0.4, -0.2) is 24.5 Å². The van der Waals surface area contributed by atoms with Crippen LogP contribution in [0, 0.1) is 28.6 Å². The van der Waals surface area contributed by atoms with Crippen LogP contribution >= 0.6 is 0 Å².